The van der Waals surface area contributed by atoms with E-state index in [2.05, 4.69) is 25.9 Å². The lowest BCUT2D eigenvalue weighted by Gasteiger charge is -1.98. The third-order valence-electron chi connectivity index (χ3n) is 2.58. The summed E-state index contributed by atoms with van der Waals surface area (Å²) in [5, 5.41) is 0. The van der Waals surface area contributed by atoms with E-state index in [1.54, 1.807) is 12.4 Å². The number of anilines is 1. The van der Waals surface area contributed by atoms with Gasteiger partial charge in [-0.3, -0.25) is 9.38 Å². The summed E-state index contributed by atoms with van der Waals surface area (Å²) >= 11 is 3.42. The number of hydrogen-bond acceptors (Lipinski definition) is 3. The minimum atomic E-state index is 0.638. The lowest BCUT2D eigenvalue weighted by atomic mass is 10.2. The first-order chi connectivity index (χ1) is 8.25. The van der Waals surface area contributed by atoms with Crippen LogP contribution in [0.1, 0.15) is 0 Å². The molecule has 0 aliphatic heterocycles. The van der Waals surface area contributed by atoms with Crippen molar-refractivity contribution in [3.8, 4) is 11.3 Å². The minimum absolute atomic E-state index is 0.638. The SMILES string of the molecule is Nc1c(-c2ccncc2)nc2cc(Br)ccn12. The summed E-state index contributed by atoms with van der Waals surface area (Å²) in [6.07, 6.45) is 5.36. The van der Waals surface area contributed by atoms with Gasteiger partial charge in [0.2, 0.25) is 0 Å². The fourth-order valence-electron chi connectivity index (χ4n) is 1.76. The molecule has 0 spiro atoms. The molecule has 17 heavy (non-hydrogen) atoms. The van der Waals surface area contributed by atoms with Crippen molar-refractivity contribution in [3.05, 3.63) is 47.3 Å². The fraction of sp³-hybridized carbons (Fsp3) is 0. The maximum atomic E-state index is 6.09. The molecule has 0 saturated heterocycles. The number of fused-ring (bicyclic) bond motifs is 1. The van der Waals surface area contributed by atoms with Crippen LogP contribution in [0.15, 0.2) is 47.3 Å². The van der Waals surface area contributed by atoms with E-state index in [4.69, 9.17) is 5.73 Å². The molecular formula is C12H9BrN4. The smallest absolute Gasteiger partial charge is 0.140 e. The van der Waals surface area contributed by atoms with Crippen molar-refractivity contribution in [2.75, 3.05) is 5.73 Å². The second-order valence-electron chi connectivity index (χ2n) is 3.65. The molecule has 3 rings (SSSR count). The second-order valence-corrected chi connectivity index (χ2v) is 4.57. The summed E-state index contributed by atoms with van der Waals surface area (Å²) in [4.78, 5) is 8.51. The molecule has 0 fully saturated rings. The largest absolute Gasteiger partial charge is 0.383 e. The molecule has 0 atom stereocenters. The van der Waals surface area contributed by atoms with Gasteiger partial charge in [-0.15, -0.1) is 0 Å². The summed E-state index contributed by atoms with van der Waals surface area (Å²) in [5.74, 6) is 0.638. The molecule has 0 unspecified atom stereocenters. The highest BCUT2D eigenvalue weighted by Gasteiger charge is 2.10. The van der Waals surface area contributed by atoms with Crippen molar-refractivity contribution in [2.45, 2.75) is 0 Å². The van der Waals surface area contributed by atoms with E-state index in [1.165, 1.54) is 0 Å². The Morgan fingerprint density at radius 1 is 1.18 bits per heavy atom. The van der Waals surface area contributed by atoms with Crippen LogP contribution in [0.25, 0.3) is 16.9 Å². The molecule has 5 heteroatoms. The Bertz CT molecular complexity index is 676. The summed E-state index contributed by atoms with van der Waals surface area (Å²) in [5.41, 5.74) is 8.66. The zero-order valence-electron chi connectivity index (χ0n) is 8.84. The van der Waals surface area contributed by atoms with Crippen LogP contribution in [0.2, 0.25) is 0 Å². The molecule has 0 aromatic carbocycles. The first-order valence-electron chi connectivity index (χ1n) is 5.09. The van der Waals surface area contributed by atoms with E-state index >= 15 is 0 Å². The highest BCUT2D eigenvalue weighted by atomic mass is 79.9. The van der Waals surface area contributed by atoms with Gasteiger partial charge in [-0.2, -0.15) is 0 Å². The molecule has 84 valence electrons. The zero-order chi connectivity index (χ0) is 11.8. The summed E-state index contributed by atoms with van der Waals surface area (Å²) in [6.45, 7) is 0. The van der Waals surface area contributed by atoms with Gasteiger partial charge in [0.05, 0.1) is 0 Å². The highest BCUT2D eigenvalue weighted by Crippen LogP contribution is 2.26. The van der Waals surface area contributed by atoms with E-state index < -0.39 is 0 Å². The molecule has 0 saturated carbocycles. The van der Waals surface area contributed by atoms with Gasteiger partial charge in [-0.05, 0) is 24.3 Å². The standard InChI is InChI=1S/C12H9BrN4/c13-9-3-6-17-10(7-9)16-11(12(17)14)8-1-4-15-5-2-8/h1-7H,14H2. The molecule has 0 aliphatic rings. The number of pyridine rings is 2. The van der Waals surface area contributed by atoms with Crippen LogP contribution in [0, 0.1) is 0 Å². The van der Waals surface area contributed by atoms with E-state index in [0.29, 0.717) is 5.82 Å². The number of aromatic nitrogens is 3. The molecule has 0 bridgehead atoms. The van der Waals surface area contributed by atoms with E-state index in [-0.39, 0.29) is 0 Å². The predicted molar refractivity (Wildman–Crippen MR) is 70.5 cm³/mol. The van der Waals surface area contributed by atoms with Crippen molar-refractivity contribution in [3.63, 3.8) is 0 Å². The Balaban J connectivity index is 2.28. The van der Waals surface area contributed by atoms with Gasteiger partial charge in [0.25, 0.3) is 0 Å². The van der Waals surface area contributed by atoms with Crippen molar-refractivity contribution < 1.29 is 0 Å². The van der Waals surface area contributed by atoms with Gasteiger partial charge in [-0.25, -0.2) is 4.98 Å². The van der Waals surface area contributed by atoms with Gasteiger partial charge in [0.1, 0.15) is 17.2 Å². The van der Waals surface area contributed by atoms with Crippen LogP contribution in [0.4, 0.5) is 5.82 Å². The van der Waals surface area contributed by atoms with Crippen LogP contribution < -0.4 is 5.73 Å². The Hall–Kier alpha value is -1.88. The summed E-state index contributed by atoms with van der Waals surface area (Å²) in [6, 6.07) is 7.66. The van der Waals surface area contributed by atoms with Gasteiger partial charge in [0, 0.05) is 28.6 Å². The lowest BCUT2D eigenvalue weighted by molar-refractivity contribution is 1.19. The molecule has 0 amide bonds. The number of nitrogens with two attached hydrogens (primary N) is 1. The Morgan fingerprint density at radius 3 is 2.71 bits per heavy atom. The van der Waals surface area contributed by atoms with Gasteiger partial charge < -0.3 is 5.73 Å². The number of nitrogen functional groups attached to an aromatic ring is 1. The number of rotatable bonds is 1. The lowest BCUT2D eigenvalue weighted by Crippen LogP contribution is -1.93. The molecular weight excluding hydrogens is 280 g/mol. The maximum Gasteiger partial charge on any atom is 0.140 e. The third-order valence-corrected chi connectivity index (χ3v) is 3.07. The van der Waals surface area contributed by atoms with Crippen LogP contribution in [0.5, 0.6) is 0 Å². The molecule has 0 radical (unpaired) electrons. The van der Waals surface area contributed by atoms with Crippen LogP contribution in [-0.4, -0.2) is 14.4 Å². The van der Waals surface area contributed by atoms with Crippen molar-refractivity contribution in [1.82, 2.24) is 14.4 Å². The number of nitrogens with zero attached hydrogens (tertiary/aromatic N) is 3. The molecule has 3 heterocycles. The molecule has 3 aromatic heterocycles. The average molecular weight is 289 g/mol. The number of hydrogen-bond donors (Lipinski definition) is 1. The zero-order valence-corrected chi connectivity index (χ0v) is 10.4. The molecule has 2 N–H and O–H groups in total. The highest BCUT2D eigenvalue weighted by molar-refractivity contribution is 9.10. The number of halogens is 1. The van der Waals surface area contributed by atoms with E-state index in [1.807, 2.05) is 34.9 Å². The quantitative estimate of drug-likeness (QED) is 0.749. The van der Waals surface area contributed by atoms with Gasteiger partial charge in [-0.1, -0.05) is 15.9 Å². The van der Waals surface area contributed by atoms with Crippen molar-refractivity contribution >= 4 is 27.4 Å². The Kier molecular flexibility index (Phi) is 2.33. The topological polar surface area (TPSA) is 56.2 Å². The Morgan fingerprint density at radius 2 is 1.94 bits per heavy atom. The first-order valence-corrected chi connectivity index (χ1v) is 5.88. The number of imidazole rings is 1. The second kappa shape index (κ2) is 3.85. The third kappa shape index (κ3) is 1.68. The normalized spacial score (nSPS) is 10.9. The van der Waals surface area contributed by atoms with E-state index in [9.17, 15) is 0 Å². The summed E-state index contributed by atoms with van der Waals surface area (Å²) in [7, 11) is 0. The molecule has 3 aromatic rings. The maximum absolute atomic E-state index is 6.09. The minimum Gasteiger partial charge on any atom is -0.383 e. The average Bonchev–Trinajstić information content (AvgIpc) is 2.67. The fourth-order valence-corrected chi connectivity index (χ4v) is 2.08. The van der Waals surface area contributed by atoms with Crippen LogP contribution in [0.3, 0.4) is 0 Å². The van der Waals surface area contributed by atoms with Crippen LogP contribution >= 0.6 is 15.9 Å². The monoisotopic (exact) mass is 288 g/mol. The van der Waals surface area contributed by atoms with Gasteiger partial charge in [0.15, 0.2) is 0 Å². The van der Waals surface area contributed by atoms with Crippen LogP contribution in [-0.2, 0) is 0 Å². The van der Waals surface area contributed by atoms with Crippen molar-refractivity contribution in [1.29, 1.82) is 0 Å². The van der Waals surface area contributed by atoms with Crippen molar-refractivity contribution in [2.24, 2.45) is 0 Å². The first kappa shape index (κ1) is 10.3. The Labute approximate surface area is 106 Å². The summed E-state index contributed by atoms with van der Waals surface area (Å²) < 4.78 is 2.84. The predicted octanol–water partition coefficient (Wildman–Crippen LogP) is 2.74. The van der Waals surface area contributed by atoms with Gasteiger partial charge >= 0.3 is 0 Å². The van der Waals surface area contributed by atoms with E-state index in [0.717, 1.165) is 21.4 Å². The molecule has 0 aliphatic carbocycles. The molecule has 4 nitrogen and oxygen atoms in total.